The summed E-state index contributed by atoms with van der Waals surface area (Å²) >= 11 is 0. The Hall–Kier alpha value is -3.82. The van der Waals surface area contributed by atoms with Crippen LogP contribution >= 0.6 is 0 Å². The highest BCUT2D eigenvalue weighted by molar-refractivity contribution is 5.77. The van der Waals surface area contributed by atoms with Crippen molar-refractivity contribution in [1.29, 1.82) is 0 Å². The number of nitrogens with zero attached hydrogens (tertiary/aromatic N) is 4. The van der Waals surface area contributed by atoms with Crippen LogP contribution in [0.4, 0.5) is 11.4 Å². The molecule has 0 N–H and O–H groups in total. The zero-order valence-electron chi connectivity index (χ0n) is 18.6. The number of rotatable bonds is 8. The summed E-state index contributed by atoms with van der Waals surface area (Å²) < 4.78 is 12.6. The molecule has 1 aliphatic heterocycles. The van der Waals surface area contributed by atoms with Gasteiger partial charge in [0, 0.05) is 32.6 Å². The number of para-hydroxylation sites is 2. The minimum absolute atomic E-state index is 0.0444. The topological polar surface area (TPSA) is 111 Å². The molecule has 0 saturated heterocycles. The first-order valence-corrected chi connectivity index (χ1v) is 10.9. The van der Waals surface area contributed by atoms with Gasteiger partial charge >= 0.3 is 5.76 Å². The Kier molecular flexibility index (Phi) is 6.34. The summed E-state index contributed by atoms with van der Waals surface area (Å²) in [6, 6.07) is 11.9. The first kappa shape index (κ1) is 22.4. The number of hydrogen-bond donors (Lipinski definition) is 0. The van der Waals surface area contributed by atoms with Gasteiger partial charge in [-0.05, 0) is 31.5 Å². The standard InChI is InChI=1S/C23H26N4O6/c1-3-25-15-17(32-20-8-5-4-7-18(20)25)14-24(2)22(28)9-6-12-26-19-11-10-16(27(30)31)13-21(19)33-23(26)29/h4-5,7-8,10-11,13,17H,3,6,9,12,14-15H2,1-2H3. The van der Waals surface area contributed by atoms with Crippen LogP contribution < -0.4 is 15.4 Å². The molecule has 2 aromatic carbocycles. The number of carbonyl (C=O) groups excluding carboxylic acids is 1. The maximum absolute atomic E-state index is 12.7. The van der Waals surface area contributed by atoms with Crippen molar-refractivity contribution >= 4 is 28.4 Å². The van der Waals surface area contributed by atoms with E-state index in [0.29, 0.717) is 25.0 Å². The lowest BCUT2D eigenvalue weighted by Crippen LogP contribution is -2.46. The fourth-order valence-electron chi connectivity index (χ4n) is 4.14. The van der Waals surface area contributed by atoms with Crippen molar-refractivity contribution in [1.82, 2.24) is 9.47 Å². The van der Waals surface area contributed by atoms with Crippen LogP contribution in [-0.4, -0.2) is 53.1 Å². The highest BCUT2D eigenvalue weighted by atomic mass is 16.6. The zero-order valence-corrected chi connectivity index (χ0v) is 18.6. The van der Waals surface area contributed by atoms with Gasteiger partial charge in [-0.2, -0.15) is 0 Å². The van der Waals surface area contributed by atoms with E-state index < -0.39 is 10.7 Å². The van der Waals surface area contributed by atoms with E-state index in [1.807, 2.05) is 24.3 Å². The Bertz CT molecular complexity index is 1230. The van der Waals surface area contributed by atoms with Gasteiger partial charge < -0.3 is 19.0 Å². The van der Waals surface area contributed by atoms with Crippen LogP contribution in [0.15, 0.2) is 51.7 Å². The Balaban J connectivity index is 1.34. The average molecular weight is 454 g/mol. The van der Waals surface area contributed by atoms with Crippen molar-refractivity contribution in [3.05, 3.63) is 63.1 Å². The molecule has 0 radical (unpaired) electrons. The SMILES string of the molecule is CCN1CC(CN(C)C(=O)CCCn2c(=O)oc3cc([N+](=O)[O-])ccc32)Oc2ccccc21. The molecule has 10 nitrogen and oxygen atoms in total. The van der Waals surface area contributed by atoms with Gasteiger partial charge in [-0.3, -0.25) is 19.5 Å². The molecule has 1 atom stereocenters. The third kappa shape index (κ3) is 4.69. The monoisotopic (exact) mass is 454 g/mol. The number of likely N-dealkylation sites (N-methyl/N-ethyl adjacent to an activating group) is 2. The highest BCUT2D eigenvalue weighted by Crippen LogP contribution is 2.32. The number of amides is 1. The van der Waals surface area contributed by atoms with Crippen LogP contribution in [0.25, 0.3) is 11.1 Å². The number of carbonyl (C=O) groups is 1. The molecule has 174 valence electrons. The maximum atomic E-state index is 12.7. The molecule has 33 heavy (non-hydrogen) atoms. The van der Waals surface area contributed by atoms with E-state index in [0.717, 1.165) is 18.0 Å². The van der Waals surface area contributed by atoms with Gasteiger partial charge in [0.25, 0.3) is 5.69 Å². The summed E-state index contributed by atoms with van der Waals surface area (Å²) in [5.41, 5.74) is 1.55. The fourth-order valence-corrected chi connectivity index (χ4v) is 4.14. The number of benzene rings is 2. The van der Waals surface area contributed by atoms with Crippen molar-refractivity contribution in [2.45, 2.75) is 32.4 Å². The van der Waals surface area contributed by atoms with Gasteiger partial charge in [0.1, 0.15) is 11.9 Å². The summed E-state index contributed by atoms with van der Waals surface area (Å²) in [4.78, 5) is 39.1. The third-order valence-electron chi connectivity index (χ3n) is 5.84. The van der Waals surface area contributed by atoms with Crippen LogP contribution in [0.1, 0.15) is 19.8 Å². The normalized spacial score (nSPS) is 15.2. The first-order chi connectivity index (χ1) is 15.9. The van der Waals surface area contributed by atoms with E-state index in [1.54, 1.807) is 11.9 Å². The molecule has 1 aliphatic rings. The quantitative estimate of drug-likeness (QED) is 0.380. The number of non-ortho nitro benzene ring substituents is 1. The molecule has 10 heteroatoms. The average Bonchev–Trinajstić information content (AvgIpc) is 3.12. The number of aromatic nitrogens is 1. The van der Waals surface area contributed by atoms with Crippen LogP contribution in [0.5, 0.6) is 5.75 Å². The van der Waals surface area contributed by atoms with Crippen LogP contribution in [0.3, 0.4) is 0 Å². The number of aryl methyl sites for hydroxylation is 1. The minimum atomic E-state index is -0.597. The lowest BCUT2D eigenvalue weighted by atomic mass is 10.1. The number of nitro benzene ring substituents is 1. The number of anilines is 1. The van der Waals surface area contributed by atoms with Gasteiger partial charge in [-0.15, -0.1) is 0 Å². The molecule has 0 saturated carbocycles. The minimum Gasteiger partial charge on any atom is -0.485 e. The van der Waals surface area contributed by atoms with E-state index >= 15 is 0 Å². The molecule has 3 aromatic rings. The van der Waals surface area contributed by atoms with Gasteiger partial charge in [-0.25, -0.2) is 4.79 Å². The maximum Gasteiger partial charge on any atom is 0.419 e. The fraction of sp³-hybridized carbons (Fsp3) is 0.391. The predicted octanol–water partition coefficient (Wildman–Crippen LogP) is 3.03. The van der Waals surface area contributed by atoms with Gasteiger partial charge in [0.2, 0.25) is 5.91 Å². The first-order valence-electron chi connectivity index (χ1n) is 10.9. The van der Waals surface area contributed by atoms with E-state index in [4.69, 9.17) is 9.15 Å². The number of oxazole rings is 1. The second-order valence-electron chi connectivity index (χ2n) is 8.05. The van der Waals surface area contributed by atoms with Crippen molar-refractivity contribution in [3.8, 4) is 5.75 Å². The molecule has 2 heterocycles. The summed E-state index contributed by atoms with van der Waals surface area (Å²) in [7, 11) is 1.75. The van der Waals surface area contributed by atoms with E-state index in [9.17, 15) is 19.7 Å². The molecule has 1 amide bonds. The Morgan fingerprint density at radius 2 is 2.06 bits per heavy atom. The second-order valence-corrected chi connectivity index (χ2v) is 8.05. The van der Waals surface area contributed by atoms with E-state index in [-0.39, 0.29) is 36.2 Å². The molecule has 0 aliphatic carbocycles. The largest absolute Gasteiger partial charge is 0.485 e. The number of ether oxygens (including phenoxy) is 1. The predicted molar refractivity (Wildman–Crippen MR) is 123 cm³/mol. The number of hydrogen-bond acceptors (Lipinski definition) is 7. The van der Waals surface area contributed by atoms with Gasteiger partial charge in [-0.1, -0.05) is 12.1 Å². The molecule has 4 rings (SSSR count). The Morgan fingerprint density at radius 1 is 1.27 bits per heavy atom. The van der Waals surface area contributed by atoms with Crippen LogP contribution in [0.2, 0.25) is 0 Å². The summed E-state index contributed by atoms with van der Waals surface area (Å²) in [5, 5.41) is 10.9. The number of fused-ring (bicyclic) bond motifs is 2. The van der Waals surface area contributed by atoms with E-state index in [1.165, 1.54) is 22.8 Å². The van der Waals surface area contributed by atoms with Crippen molar-refractivity contribution in [3.63, 3.8) is 0 Å². The number of nitro groups is 1. The lowest BCUT2D eigenvalue weighted by Gasteiger charge is -2.37. The zero-order chi connectivity index (χ0) is 23.5. The molecule has 0 fully saturated rings. The van der Waals surface area contributed by atoms with Crippen molar-refractivity contribution in [2.75, 3.05) is 31.6 Å². The van der Waals surface area contributed by atoms with Crippen molar-refractivity contribution in [2.24, 2.45) is 0 Å². The van der Waals surface area contributed by atoms with E-state index in [2.05, 4.69) is 11.8 Å². The Labute approximate surface area is 190 Å². The van der Waals surface area contributed by atoms with Gasteiger partial charge in [0.15, 0.2) is 5.58 Å². The smallest absolute Gasteiger partial charge is 0.419 e. The molecule has 1 unspecified atom stereocenters. The molecular weight excluding hydrogens is 428 g/mol. The summed E-state index contributed by atoms with van der Waals surface area (Å²) in [5.74, 6) is 0.181. The molecule has 1 aromatic heterocycles. The summed E-state index contributed by atoms with van der Waals surface area (Å²) in [6.07, 6.45) is 0.554. The highest BCUT2D eigenvalue weighted by Gasteiger charge is 2.26. The van der Waals surface area contributed by atoms with Crippen LogP contribution in [-0.2, 0) is 11.3 Å². The van der Waals surface area contributed by atoms with Gasteiger partial charge in [0.05, 0.1) is 35.3 Å². The molecule has 0 bridgehead atoms. The lowest BCUT2D eigenvalue weighted by molar-refractivity contribution is -0.384. The van der Waals surface area contributed by atoms with Crippen molar-refractivity contribution < 1.29 is 18.9 Å². The molecule has 0 spiro atoms. The second kappa shape index (κ2) is 9.35. The molecular formula is C23H26N4O6. The third-order valence-corrected chi connectivity index (χ3v) is 5.84. The Morgan fingerprint density at radius 3 is 2.82 bits per heavy atom. The van der Waals surface area contributed by atoms with Crippen LogP contribution in [0, 0.1) is 10.1 Å². The summed E-state index contributed by atoms with van der Waals surface area (Å²) in [6.45, 7) is 4.38.